The second kappa shape index (κ2) is 7.16. The van der Waals surface area contributed by atoms with Crippen molar-refractivity contribution >= 4 is 27.3 Å². The standard InChI is InChI=1S/C12H19N3O3S2/c16-12(10-11-2-1-8-19-11)14-5-9-20(17,18)15-6-3-13-4-7-15/h1-2,8,13H,3-7,9-10H2,(H,14,16). The van der Waals surface area contributed by atoms with E-state index >= 15 is 0 Å². The minimum Gasteiger partial charge on any atom is -0.355 e. The van der Waals surface area contributed by atoms with Crippen molar-refractivity contribution in [2.45, 2.75) is 6.42 Å². The molecule has 1 aromatic heterocycles. The molecule has 2 N–H and O–H groups in total. The molecule has 1 aliphatic rings. The van der Waals surface area contributed by atoms with E-state index in [4.69, 9.17) is 0 Å². The highest BCUT2D eigenvalue weighted by molar-refractivity contribution is 7.89. The maximum Gasteiger partial charge on any atom is 0.225 e. The Labute approximate surface area is 123 Å². The molecular weight excluding hydrogens is 298 g/mol. The van der Waals surface area contributed by atoms with E-state index in [0.717, 1.165) is 4.88 Å². The third-order valence-corrected chi connectivity index (χ3v) is 5.81. The lowest BCUT2D eigenvalue weighted by molar-refractivity contribution is -0.120. The lowest BCUT2D eigenvalue weighted by Gasteiger charge is -2.26. The highest BCUT2D eigenvalue weighted by Gasteiger charge is 2.23. The minimum absolute atomic E-state index is 0.0385. The molecule has 1 aromatic rings. The van der Waals surface area contributed by atoms with Crippen LogP contribution in [0.3, 0.4) is 0 Å². The number of rotatable bonds is 6. The fourth-order valence-electron chi connectivity index (χ4n) is 2.00. The topological polar surface area (TPSA) is 78.5 Å². The van der Waals surface area contributed by atoms with E-state index in [-0.39, 0.29) is 18.2 Å². The molecule has 0 aromatic carbocycles. The summed E-state index contributed by atoms with van der Waals surface area (Å²) in [5.41, 5.74) is 0. The van der Waals surface area contributed by atoms with Crippen LogP contribution in [-0.4, -0.2) is 57.1 Å². The zero-order valence-corrected chi connectivity index (χ0v) is 12.8. The molecule has 0 radical (unpaired) electrons. The van der Waals surface area contributed by atoms with Crippen molar-refractivity contribution in [3.05, 3.63) is 22.4 Å². The third kappa shape index (κ3) is 4.55. The van der Waals surface area contributed by atoms with Gasteiger partial charge in [-0.05, 0) is 11.4 Å². The molecule has 2 heterocycles. The van der Waals surface area contributed by atoms with Crippen LogP contribution >= 0.6 is 11.3 Å². The van der Waals surface area contributed by atoms with Crippen LogP contribution in [0.4, 0.5) is 0 Å². The monoisotopic (exact) mass is 317 g/mol. The number of carbonyl (C=O) groups excluding carboxylic acids is 1. The summed E-state index contributed by atoms with van der Waals surface area (Å²) in [7, 11) is -3.26. The molecule has 0 unspecified atom stereocenters. The van der Waals surface area contributed by atoms with E-state index in [2.05, 4.69) is 10.6 Å². The van der Waals surface area contributed by atoms with Crippen LogP contribution in [0.5, 0.6) is 0 Å². The Hall–Kier alpha value is -0.960. The first-order valence-electron chi connectivity index (χ1n) is 6.55. The van der Waals surface area contributed by atoms with Crippen LogP contribution in [0.25, 0.3) is 0 Å². The third-order valence-electron chi connectivity index (χ3n) is 3.07. The molecule has 0 aliphatic carbocycles. The fraction of sp³-hybridized carbons (Fsp3) is 0.583. The second-order valence-electron chi connectivity index (χ2n) is 4.57. The number of nitrogens with one attached hydrogen (secondary N) is 2. The number of hydrogen-bond acceptors (Lipinski definition) is 5. The number of amides is 1. The summed E-state index contributed by atoms with van der Waals surface area (Å²) in [6.45, 7) is 2.54. The number of thiophene rings is 1. The van der Waals surface area contributed by atoms with Crippen molar-refractivity contribution in [2.24, 2.45) is 0 Å². The van der Waals surface area contributed by atoms with Gasteiger partial charge in [-0.1, -0.05) is 6.07 Å². The minimum atomic E-state index is -3.26. The van der Waals surface area contributed by atoms with Crippen LogP contribution in [0.15, 0.2) is 17.5 Å². The molecule has 112 valence electrons. The van der Waals surface area contributed by atoms with Gasteiger partial charge in [-0.3, -0.25) is 4.79 Å². The summed E-state index contributed by atoms with van der Waals surface area (Å²) in [6.07, 6.45) is 0.311. The van der Waals surface area contributed by atoms with Crippen LogP contribution in [0.2, 0.25) is 0 Å². The van der Waals surface area contributed by atoms with Gasteiger partial charge in [0.25, 0.3) is 0 Å². The van der Waals surface area contributed by atoms with Crippen molar-refractivity contribution < 1.29 is 13.2 Å². The number of carbonyl (C=O) groups is 1. The largest absolute Gasteiger partial charge is 0.355 e. The Kier molecular flexibility index (Phi) is 5.53. The van der Waals surface area contributed by atoms with E-state index in [1.165, 1.54) is 15.6 Å². The van der Waals surface area contributed by atoms with E-state index in [1.807, 2.05) is 17.5 Å². The summed E-state index contributed by atoms with van der Waals surface area (Å²) in [6, 6.07) is 3.78. The smallest absolute Gasteiger partial charge is 0.225 e. The summed E-state index contributed by atoms with van der Waals surface area (Å²) in [4.78, 5) is 12.6. The van der Waals surface area contributed by atoms with E-state index < -0.39 is 10.0 Å². The van der Waals surface area contributed by atoms with E-state index in [9.17, 15) is 13.2 Å². The molecule has 0 saturated carbocycles. The Morgan fingerprint density at radius 1 is 1.40 bits per heavy atom. The van der Waals surface area contributed by atoms with Crippen LogP contribution in [0.1, 0.15) is 4.88 Å². The first kappa shape index (κ1) is 15.4. The normalized spacial score (nSPS) is 17.0. The van der Waals surface area contributed by atoms with Gasteiger partial charge in [-0.15, -0.1) is 11.3 Å². The van der Waals surface area contributed by atoms with Gasteiger partial charge in [-0.2, -0.15) is 4.31 Å². The van der Waals surface area contributed by atoms with Crippen molar-refractivity contribution in [3.63, 3.8) is 0 Å². The van der Waals surface area contributed by atoms with Crippen molar-refractivity contribution in [1.29, 1.82) is 0 Å². The zero-order chi connectivity index (χ0) is 14.4. The Bertz CT molecular complexity index is 522. The number of nitrogens with zero attached hydrogens (tertiary/aromatic N) is 1. The van der Waals surface area contributed by atoms with Crippen molar-refractivity contribution in [2.75, 3.05) is 38.5 Å². The summed E-state index contributed by atoms with van der Waals surface area (Å²) >= 11 is 1.52. The Morgan fingerprint density at radius 2 is 2.15 bits per heavy atom. The summed E-state index contributed by atoms with van der Waals surface area (Å²) in [5, 5.41) is 7.69. The van der Waals surface area contributed by atoms with Gasteiger partial charge in [0, 0.05) is 37.6 Å². The Morgan fingerprint density at radius 3 is 2.80 bits per heavy atom. The molecule has 0 atom stereocenters. The van der Waals surface area contributed by atoms with Gasteiger partial charge in [0.2, 0.25) is 15.9 Å². The maximum atomic E-state index is 12.0. The average molecular weight is 317 g/mol. The SMILES string of the molecule is O=C(Cc1cccs1)NCCS(=O)(=O)N1CCNCC1. The van der Waals surface area contributed by atoms with Gasteiger partial charge in [0.15, 0.2) is 0 Å². The predicted molar refractivity (Wildman–Crippen MR) is 79.3 cm³/mol. The van der Waals surface area contributed by atoms with Crippen LogP contribution < -0.4 is 10.6 Å². The molecule has 0 spiro atoms. The molecule has 1 aliphatic heterocycles. The molecule has 20 heavy (non-hydrogen) atoms. The maximum absolute atomic E-state index is 12.0. The predicted octanol–water partition coefficient (Wildman–Crippen LogP) is -0.358. The quantitative estimate of drug-likeness (QED) is 0.751. The molecule has 1 saturated heterocycles. The van der Waals surface area contributed by atoms with Gasteiger partial charge < -0.3 is 10.6 Å². The highest BCUT2D eigenvalue weighted by atomic mass is 32.2. The average Bonchev–Trinajstić information content (AvgIpc) is 2.92. The van der Waals surface area contributed by atoms with Crippen molar-refractivity contribution in [1.82, 2.24) is 14.9 Å². The van der Waals surface area contributed by atoms with Crippen LogP contribution in [-0.2, 0) is 21.2 Å². The van der Waals surface area contributed by atoms with E-state index in [0.29, 0.717) is 32.6 Å². The highest BCUT2D eigenvalue weighted by Crippen LogP contribution is 2.08. The zero-order valence-electron chi connectivity index (χ0n) is 11.2. The molecule has 8 heteroatoms. The number of piperazine rings is 1. The van der Waals surface area contributed by atoms with E-state index in [1.54, 1.807) is 0 Å². The van der Waals surface area contributed by atoms with Gasteiger partial charge in [-0.25, -0.2) is 8.42 Å². The Balaban J connectivity index is 1.73. The van der Waals surface area contributed by atoms with Gasteiger partial charge in [0.05, 0.1) is 12.2 Å². The first-order valence-corrected chi connectivity index (χ1v) is 9.04. The molecular formula is C12H19N3O3S2. The molecule has 2 rings (SSSR count). The second-order valence-corrected chi connectivity index (χ2v) is 7.69. The lowest BCUT2D eigenvalue weighted by atomic mass is 10.3. The summed E-state index contributed by atoms with van der Waals surface area (Å²) in [5.74, 6) is -0.175. The summed E-state index contributed by atoms with van der Waals surface area (Å²) < 4.78 is 25.5. The lowest BCUT2D eigenvalue weighted by Crippen LogP contribution is -2.48. The van der Waals surface area contributed by atoms with Crippen LogP contribution in [0, 0.1) is 0 Å². The van der Waals surface area contributed by atoms with Crippen molar-refractivity contribution in [3.8, 4) is 0 Å². The molecule has 0 bridgehead atoms. The fourth-order valence-corrected chi connectivity index (χ4v) is 4.07. The van der Waals surface area contributed by atoms with Gasteiger partial charge >= 0.3 is 0 Å². The first-order chi connectivity index (χ1) is 9.58. The van der Waals surface area contributed by atoms with Gasteiger partial charge in [0.1, 0.15) is 0 Å². The number of hydrogen-bond donors (Lipinski definition) is 2. The molecule has 1 amide bonds. The molecule has 1 fully saturated rings. The molecule has 6 nitrogen and oxygen atoms in total. The number of sulfonamides is 1.